The minimum atomic E-state index is -0.309. The van der Waals surface area contributed by atoms with Gasteiger partial charge in [-0.15, -0.1) is 0 Å². The van der Waals surface area contributed by atoms with Crippen LogP contribution in [0.3, 0.4) is 0 Å². The first-order valence-corrected chi connectivity index (χ1v) is 10.1. The van der Waals surface area contributed by atoms with E-state index in [1.807, 2.05) is 36.2 Å². The molecule has 7 nitrogen and oxygen atoms in total. The third-order valence-electron chi connectivity index (χ3n) is 4.79. The summed E-state index contributed by atoms with van der Waals surface area (Å²) >= 11 is 0. The van der Waals surface area contributed by atoms with E-state index in [9.17, 15) is 9.59 Å². The molecule has 0 saturated heterocycles. The molecule has 0 unspecified atom stereocenters. The summed E-state index contributed by atoms with van der Waals surface area (Å²) in [6.07, 6.45) is 0. The van der Waals surface area contributed by atoms with Crippen LogP contribution in [0.2, 0.25) is 0 Å². The van der Waals surface area contributed by atoms with Crippen molar-refractivity contribution in [2.75, 3.05) is 38.4 Å². The number of likely N-dealkylation sites (N-methyl/N-ethyl adjacent to an activating group) is 1. The predicted molar refractivity (Wildman–Crippen MR) is 125 cm³/mol. The van der Waals surface area contributed by atoms with Gasteiger partial charge in [0.1, 0.15) is 11.5 Å². The van der Waals surface area contributed by atoms with Gasteiger partial charge in [-0.1, -0.05) is 24.3 Å². The maximum Gasteiger partial charge on any atom is 0.257 e. The molecular weight excluding hydrogens is 406 g/mol. The highest BCUT2D eigenvalue weighted by molar-refractivity contribution is 6.10. The van der Waals surface area contributed by atoms with Crippen LogP contribution in [0.1, 0.15) is 15.9 Å². The number of hydrogen-bond donors (Lipinski definition) is 2. The Morgan fingerprint density at radius 1 is 0.844 bits per heavy atom. The third-order valence-corrected chi connectivity index (χ3v) is 4.79. The molecule has 2 amide bonds. The summed E-state index contributed by atoms with van der Waals surface area (Å²) in [4.78, 5) is 27.3. The summed E-state index contributed by atoms with van der Waals surface area (Å²) in [7, 11) is 5.07. The summed E-state index contributed by atoms with van der Waals surface area (Å²) in [6.45, 7) is 0.760. The standard InChI is InChI=1S/C25H27N3O4/c1-28(16-18-7-6-8-21(15-18)32-3)17-24(29)27-23-10-5-4-9-22(23)25(30)26-19-11-13-20(31-2)14-12-19/h4-15H,16-17H2,1-3H3,(H,26,30)(H,27,29). The minimum Gasteiger partial charge on any atom is -0.497 e. The fourth-order valence-corrected chi connectivity index (χ4v) is 3.24. The zero-order valence-corrected chi connectivity index (χ0v) is 18.4. The number of benzene rings is 3. The second-order valence-electron chi connectivity index (χ2n) is 7.30. The minimum absolute atomic E-state index is 0.172. The van der Waals surface area contributed by atoms with Gasteiger partial charge in [-0.3, -0.25) is 14.5 Å². The normalized spacial score (nSPS) is 10.5. The molecule has 0 heterocycles. The van der Waals surface area contributed by atoms with Crippen molar-refractivity contribution >= 4 is 23.2 Å². The van der Waals surface area contributed by atoms with Gasteiger partial charge < -0.3 is 20.1 Å². The Bertz CT molecular complexity index is 1070. The van der Waals surface area contributed by atoms with Gasteiger partial charge in [0.25, 0.3) is 5.91 Å². The van der Waals surface area contributed by atoms with Crippen molar-refractivity contribution in [3.63, 3.8) is 0 Å². The van der Waals surface area contributed by atoms with Crippen molar-refractivity contribution in [3.8, 4) is 11.5 Å². The summed E-state index contributed by atoms with van der Waals surface area (Å²) in [5, 5.41) is 5.69. The highest BCUT2D eigenvalue weighted by Crippen LogP contribution is 2.20. The molecule has 0 aliphatic heterocycles. The molecule has 3 aromatic rings. The molecule has 0 spiro atoms. The van der Waals surface area contributed by atoms with E-state index in [0.29, 0.717) is 29.2 Å². The van der Waals surface area contributed by atoms with Crippen molar-refractivity contribution in [2.24, 2.45) is 0 Å². The van der Waals surface area contributed by atoms with Crippen LogP contribution >= 0.6 is 0 Å². The third kappa shape index (κ3) is 6.33. The van der Waals surface area contributed by atoms with Gasteiger partial charge in [-0.25, -0.2) is 0 Å². The molecule has 32 heavy (non-hydrogen) atoms. The number of methoxy groups -OCH3 is 2. The summed E-state index contributed by atoms with van der Waals surface area (Å²) in [5.74, 6) is 0.960. The van der Waals surface area contributed by atoms with Crippen molar-refractivity contribution in [2.45, 2.75) is 6.54 Å². The van der Waals surface area contributed by atoms with Crippen LogP contribution in [0, 0.1) is 0 Å². The topological polar surface area (TPSA) is 79.9 Å². The Labute approximate surface area is 188 Å². The van der Waals surface area contributed by atoms with E-state index in [1.54, 1.807) is 62.8 Å². The van der Waals surface area contributed by atoms with Gasteiger partial charge in [-0.2, -0.15) is 0 Å². The molecule has 0 radical (unpaired) electrons. The monoisotopic (exact) mass is 433 g/mol. The number of carbonyl (C=O) groups is 2. The maximum atomic E-state index is 12.8. The van der Waals surface area contributed by atoms with Gasteiger partial charge in [0.2, 0.25) is 5.91 Å². The zero-order valence-electron chi connectivity index (χ0n) is 18.4. The summed E-state index contributed by atoms with van der Waals surface area (Å²) in [5.41, 5.74) is 2.51. The average molecular weight is 434 g/mol. The Morgan fingerprint density at radius 2 is 1.56 bits per heavy atom. The zero-order chi connectivity index (χ0) is 22.9. The number of para-hydroxylation sites is 1. The number of nitrogens with one attached hydrogen (secondary N) is 2. The van der Waals surface area contributed by atoms with Gasteiger partial charge in [0.05, 0.1) is 32.0 Å². The Balaban J connectivity index is 1.61. The number of rotatable bonds is 9. The van der Waals surface area contributed by atoms with Gasteiger partial charge in [-0.05, 0) is 61.1 Å². The number of anilines is 2. The van der Waals surface area contributed by atoms with Crippen molar-refractivity contribution < 1.29 is 19.1 Å². The Hall–Kier alpha value is -3.84. The lowest BCUT2D eigenvalue weighted by molar-refractivity contribution is -0.117. The van der Waals surface area contributed by atoms with E-state index >= 15 is 0 Å². The molecule has 0 atom stereocenters. The molecule has 7 heteroatoms. The van der Waals surface area contributed by atoms with Crippen molar-refractivity contribution in [1.82, 2.24) is 4.90 Å². The number of carbonyl (C=O) groups excluding carboxylic acids is 2. The highest BCUT2D eigenvalue weighted by Gasteiger charge is 2.15. The number of amides is 2. The smallest absolute Gasteiger partial charge is 0.257 e. The predicted octanol–water partition coefficient (Wildman–Crippen LogP) is 4.03. The molecule has 0 aliphatic rings. The van der Waals surface area contributed by atoms with Gasteiger partial charge in [0, 0.05) is 12.2 Å². The van der Waals surface area contributed by atoms with E-state index < -0.39 is 0 Å². The molecule has 3 rings (SSSR count). The van der Waals surface area contributed by atoms with E-state index in [1.165, 1.54) is 0 Å². The Morgan fingerprint density at radius 3 is 2.28 bits per heavy atom. The van der Waals surface area contributed by atoms with E-state index in [2.05, 4.69) is 10.6 Å². The summed E-state index contributed by atoms with van der Waals surface area (Å²) < 4.78 is 10.4. The first-order valence-electron chi connectivity index (χ1n) is 10.1. The van der Waals surface area contributed by atoms with Crippen LogP contribution in [0.4, 0.5) is 11.4 Å². The Kier molecular flexibility index (Phi) is 7.83. The van der Waals surface area contributed by atoms with Crippen LogP contribution in [-0.2, 0) is 11.3 Å². The maximum absolute atomic E-state index is 12.8. The summed E-state index contributed by atoms with van der Waals surface area (Å²) in [6, 6.07) is 21.7. The lowest BCUT2D eigenvalue weighted by atomic mass is 10.1. The van der Waals surface area contributed by atoms with Crippen LogP contribution in [0.5, 0.6) is 11.5 Å². The molecule has 0 fully saturated rings. The van der Waals surface area contributed by atoms with Crippen LogP contribution in [0.25, 0.3) is 0 Å². The second kappa shape index (κ2) is 11.0. The molecule has 0 aromatic heterocycles. The van der Waals surface area contributed by atoms with Crippen LogP contribution < -0.4 is 20.1 Å². The second-order valence-corrected chi connectivity index (χ2v) is 7.30. The fraction of sp³-hybridized carbons (Fsp3) is 0.200. The van der Waals surface area contributed by atoms with Gasteiger partial charge in [0.15, 0.2) is 0 Å². The molecule has 0 saturated carbocycles. The van der Waals surface area contributed by atoms with Crippen molar-refractivity contribution in [3.05, 3.63) is 83.9 Å². The molecule has 0 aliphatic carbocycles. The number of hydrogen-bond acceptors (Lipinski definition) is 5. The fourth-order valence-electron chi connectivity index (χ4n) is 3.24. The van der Waals surface area contributed by atoms with E-state index in [0.717, 1.165) is 11.3 Å². The molecule has 166 valence electrons. The van der Waals surface area contributed by atoms with Crippen LogP contribution in [-0.4, -0.2) is 44.5 Å². The highest BCUT2D eigenvalue weighted by atomic mass is 16.5. The number of ether oxygens (including phenoxy) is 2. The van der Waals surface area contributed by atoms with E-state index in [4.69, 9.17) is 9.47 Å². The molecule has 0 bridgehead atoms. The molecule has 3 aromatic carbocycles. The van der Waals surface area contributed by atoms with Crippen LogP contribution in [0.15, 0.2) is 72.8 Å². The largest absolute Gasteiger partial charge is 0.497 e. The first kappa shape index (κ1) is 22.8. The van der Waals surface area contributed by atoms with E-state index in [-0.39, 0.29) is 18.4 Å². The SMILES string of the molecule is COc1ccc(NC(=O)c2ccccc2NC(=O)CN(C)Cc2cccc(OC)c2)cc1. The first-order chi connectivity index (χ1) is 15.5. The number of nitrogens with zero attached hydrogens (tertiary/aromatic N) is 1. The molecule has 2 N–H and O–H groups in total. The quantitative estimate of drug-likeness (QED) is 0.533. The molecular formula is C25H27N3O4. The van der Waals surface area contributed by atoms with Crippen molar-refractivity contribution in [1.29, 1.82) is 0 Å². The van der Waals surface area contributed by atoms with Gasteiger partial charge >= 0.3 is 0 Å². The lowest BCUT2D eigenvalue weighted by Gasteiger charge is -2.18. The lowest BCUT2D eigenvalue weighted by Crippen LogP contribution is -2.30. The average Bonchev–Trinajstić information content (AvgIpc) is 2.79.